The van der Waals surface area contributed by atoms with Crippen LogP contribution in [0.15, 0.2) is 18.2 Å². The second kappa shape index (κ2) is 8.70. The molecule has 2 aliphatic rings. The number of likely N-dealkylation sites (N-methyl/N-ethyl adjacent to an activating group) is 1. The van der Waals surface area contributed by atoms with Gasteiger partial charge in [0.15, 0.2) is 11.5 Å². The minimum atomic E-state index is -0.452. The van der Waals surface area contributed by atoms with E-state index in [0.29, 0.717) is 25.8 Å². The second-order valence-corrected chi connectivity index (χ2v) is 6.94. The molecule has 1 saturated carbocycles. The highest BCUT2D eigenvalue weighted by Gasteiger charge is 2.19. The van der Waals surface area contributed by atoms with Gasteiger partial charge in [-0.2, -0.15) is 0 Å². The molecule has 1 N–H and O–H groups in total. The minimum absolute atomic E-state index is 0.284. The molecule has 0 radical (unpaired) electrons. The number of aliphatic hydroxyl groups excluding tert-OH is 1. The lowest BCUT2D eigenvalue weighted by Gasteiger charge is -2.29. The molecule has 1 atom stereocenters. The van der Waals surface area contributed by atoms with E-state index in [-0.39, 0.29) is 6.79 Å². The highest BCUT2D eigenvalue weighted by Crippen LogP contribution is 2.32. The van der Waals surface area contributed by atoms with Crippen LogP contribution in [0.4, 0.5) is 0 Å². The van der Waals surface area contributed by atoms with E-state index >= 15 is 0 Å². The molecule has 0 spiro atoms. The predicted molar refractivity (Wildman–Crippen MR) is 92.3 cm³/mol. The number of fused-ring (bicyclic) bond motifs is 1. The molecule has 3 rings (SSSR count). The van der Waals surface area contributed by atoms with Gasteiger partial charge in [0, 0.05) is 12.6 Å². The van der Waals surface area contributed by atoms with Crippen molar-refractivity contribution in [3.05, 3.63) is 23.8 Å². The average Bonchev–Trinajstić information content (AvgIpc) is 2.86. The van der Waals surface area contributed by atoms with Crippen LogP contribution >= 0.6 is 0 Å². The summed E-state index contributed by atoms with van der Waals surface area (Å²) in [4.78, 5) is 2.31. The maximum atomic E-state index is 10.2. The Labute approximate surface area is 144 Å². The summed E-state index contributed by atoms with van der Waals surface area (Å²) < 4.78 is 16.3. The number of nitrogens with zero attached hydrogens (tertiary/aromatic N) is 1. The van der Waals surface area contributed by atoms with Gasteiger partial charge in [-0.05, 0) is 37.6 Å². The van der Waals surface area contributed by atoms with Gasteiger partial charge in [-0.15, -0.1) is 0 Å². The molecule has 0 saturated heterocycles. The number of ether oxygens (including phenoxy) is 3. The lowest BCUT2D eigenvalue weighted by molar-refractivity contribution is 0.00649. The first-order chi connectivity index (χ1) is 11.7. The van der Waals surface area contributed by atoms with E-state index in [0.717, 1.165) is 17.1 Å². The summed E-state index contributed by atoms with van der Waals surface area (Å²) in [7, 11) is 2.12. The zero-order valence-corrected chi connectivity index (χ0v) is 14.6. The van der Waals surface area contributed by atoms with Crippen LogP contribution in [0.25, 0.3) is 0 Å². The number of benzene rings is 1. The molecule has 134 valence electrons. The molecule has 0 bridgehead atoms. The molecule has 1 aromatic carbocycles. The molecule has 1 aliphatic heterocycles. The Morgan fingerprint density at radius 2 is 1.92 bits per heavy atom. The van der Waals surface area contributed by atoms with E-state index in [1.807, 2.05) is 18.2 Å². The maximum absolute atomic E-state index is 10.2. The monoisotopic (exact) mass is 335 g/mol. The van der Waals surface area contributed by atoms with Gasteiger partial charge in [0.25, 0.3) is 0 Å². The summed E-state index contributed by atoms with van der Waals surface area (Å²) in [5.41, 5.74) is 1.03. The van der Waals surface area contributed by atoms with Crippen LogP contribution in [-0.4, -0.2) is 49.1 Å². The van der Waals surface area contributed by atoms with Gasteiger partial charge in [0.05, 0.1) is 19.3 Å². The van der Waals surface area contributed by atoms with Gasteiger partial charge in [-0.25, -0.2) is 0 Å². The Morgan fingerprint density at radius 1 is 1.17 bits per heavy atom. The zero-order chi connectivity index (χ0) is 16.8. The third-order valence-corrected chi connectivity index (χ3v) is 4.96. The number of aliphatic hydroxyl groups is 1. The Kier molecular flexibility index (Phi) is 6.35. The van der Waals surface area contributed by atoms with Crippen molar-refractivity contribution in [3.63, 3.8) is 0 Å². The summed E-state index contributed by atoms with van der Waals surface area (Å²) in [5, 5.41) is 10.2. The molecule has 1 heterocycles. The van der Waals surface area contributed by atoms with Gasteiger partial charge in [0.2, 0.25) is 6.79 Å². The minimum Gasteiger partial charge on any atom is -0.454 e. The van der Waals surface area contributed by atoms with E-state index in [9.17, 15) is 5.11 Å². The fourth-order valence-electron chi connectivity index (χ4n) is 3.58. The van der Waals surface area contributed by atoms with Crippen molar-refractivity contribution in [2.75, 3.05) is 27.0 Å². The van der Waals surface area contributed by atoms with E-state index in [1.165, 1.54) is 38.5 Å². The quantitative estimate of drug-likeness (QED) is 0.777. The summed E-state index contributed by atoms with van der Waals surface area (Å²) in [5.74, 6) is 1.55. The van der Waals surface area contributed by atoms with Crippen LogP contribution in [0.3, 0.4) is 0 Å². The Morgan fingerprint density at radius 3 is 2.71 bits per heavy atom. The molecule has 1 unspecified atom stereocenters. The first-order valence-corrected chi connectivity index (χ1v) is 9.07. The molecule has 1 fully saturated rings. The molecule has 1 aliphatic carbocycles. The third-order valence-electron chi connectivity index (χ3n) is 4.96. The van der Waals surface area contributed by atoms with Crippen molar-refractivity contribution in [1.82, 2.24) is 4.90 Å². The van der Waals surface area contributed by atoms with E-state index < -0.39 is 6.10 Å². The SMILES string of the molecule is CN(CC(O)COCc1ccc2c(c1)OCO2)C1CCCCCC1. The average molecular weight is 335 g/mol. The molecular weight excluding hydrogens is 306 g/mol. The fraction of sp³-hybridized carbons (Fsp3) is 0.684. The van der Waals surface area contributed by atoms with Crippen molar-refractivity contribution >= 4 is 0 Å². The van der Waals surface area contributed by atoms with Crippen LogP contribution in [0.2, 0.25) is 0 Å². The van der Waals surface area contributed by atoms with Crippen molar-refractivity contribution in [3.8, 4) is 11.5 Å². The van der Waals surface area contributed by atoms with Crippen molar-refractivity contribution in [2.45, 2.75) is 57.3 Å². The topological polar surface area (TPSA) is 51.2 Å². The molecule has 5 nitrogen and oxygen atoms in total. The molecular formula is C19H29NO4. The summed E-state index contributed by atoms with van der Waals surface area (Å²) in [6, 6.07) is 6.41. The van der Waals surface area contributed by atoms with Crippen LogP contribution < -0.4 is 9.47 Å². The largest absolute Gasteiger partial charge is 0.454 e. The zero-order valence-electron chi connectivity index (χ0n) is 14.6. The lowest BCUT2D eigenvalue weighted by atomic mass is 10.1. The van der Waals surface area contributed by atoms with Crippen LogP contribution in [-0.2, 0) is 11.3 Å². The second-order valence-electron chi connectivity index (χ2n) is 6.94. The number of hydrogen-bond acceptors (Lipinski definition) is 5. The highest BCUT2D eigenvalue weighted by atomic mass is 16.7. The first kappa shape index (κ1) is 17.5. The molecule has 24 heavy (non-hydrogen) atoms. The molecule has 0 amide bonds. The summed E-state index contributed by atoms with van der Waals surface area (Å²) in [6.07, 6.45) is 7.38. The number of hydrogen-bond donors (Lipinski definition) is 1. The Hall–Kier alpha value is -1.30. The van der Waals surface area contributed by atoms with Gasteiger partial charge in [0.1, 0.15) is 0 Å². The van der Waals surface area contributed by atoms with Gasteiger partial charge >= 0.3 is 0 Å². The van der Waals surface area contributed by atoms with E-state index in [1.54, 1.807) is 0 Å². The van der Waals surface area contributed by atoms with Gasteiger partial charge in [-0.3, -0.25) is 0 Å². The highest BCUT2D eigenvalue weighted by molar-refractivity contribution is 5.44. The summed E-state index contributed by atoms with van der Waals surface area (Å²) >= 11 is 0. The van der Waals surface area contributed by atoms with E-state index in [2.05, 4.69) is 11.9 Å². The first-order valence-electron chi connectivity index (χ1n) is 9.07. The molecule has 0 aromatic heterocycles. The number of rotatable bonds is 7. The summed E-state index contributed by atoms with van der Waals surface area (Å²) in [6.45, 7) is 1.78. The smallest absolute Gasteiger partial charge is 0.231 e. The van der Waals surface area contributed by atoms with Gasteiger partial charge < -0.3 is 24.2 Å². The van der Waals surface area contributed by atoms with Crippen molar-refractivity contribution in [1.29, 1.82) is 0 Å². The molecule has 5 heteroatoms. The van der Waals surface area contributed by atoms with Crippen LogP contribution in [0.5, 0.6) is 11.5 Å². The fourth-order valence-corrected chi connectivity index (χ4v) is 3.58. The van der Waals surface area contributed by atoms with Crippen molar-refractivity contribution < 1.29 is 19.3 Å². The Balaban J connectivity index is 1.38. The van der Waals surface area contributed by atoms with E-state index in [4.69, 9.17) is 14.2 Å². The maximum Gasteiger partial charge on any atom is 0.231 e. The molecule has 1 aromatic rings. The Bertz CT molecular complexity index is 514. The standard InChI is InChI=1S/C19H29NO4/c1-20(16-6-4-2-3-5-7-16)11-17(21)13-22-12-15-8-9-18-19(10-15)24-14-23-18/h8-10,16-17,21H,2-7,11-14H2,1H3. The normalized spacial score (nSPS) is 19.5. The lowest BCUT2D eigenvalue weighted by Crippen LogP contribution is -2.39. The predicted octanol–water partition coefficient (Wildman–Crippen LogP) is 2.95. The van der Waals surface area contributed by atoms with Crippen molar-refractivity contribution in [2.24, 2.45) is 0 Å². The van der Waals surface area contributed by atoms with Crippen LogP contribution in [0.1, 0.15) is 44.1 Å². The third kappa shape index (κ3) is 4.85. The van der Waals surface area contributed by atoms with Gasteiger partial charge in [-0.1, -0.05) is 31.7 Å². The van der Waals surface area contributed by atoms with Crippen LogP contribution in [0, 0.1) is 0 Å².